The zero-order chi connectivity index (χ0) is 28.5. The van der Waals surface area contributed by atoms with E-state index < -0.39 is 22.9 Å². The highest BCUT2D eigenvalue weighted by Crippen LogP contribution is 2.38. The van der Waals surface area contributed by atoms with E-state index in [1.54, 1.807) is 6.07 Å². The fraction of sp³-hybridized carbons (Fsp3) is 0.194. The Morgan fingerprint density at radius 1 is 1.05 bits per heavy atom. The molecule has 0 bridgehead atoms. The summed E-state index contributed by atoms with van der Waals surface area (Å²) in [4.78, 5) is 42.2. The molecule has 1 N–H and O–H groups in total. The van der Waals surface area contributed by atoms with Gasteiger partial charge in [0.15, 0.2) is 17.6 Å². The molecule has 2 aliphatic rings. The first kappa shape index (κ1) is 26.0. The Hall–Kier alpha value is -5.25. The summed E-state index contributed by atoms with van der Waals surface area (Å²) in [7, 11) is 0. The molecule has 10 heteroatoms. The third-order valence-electron chi connectivity index (χ3n) is 7.12. The molecular weight excluding hydrogens is 526 g/mol. The molecule has 0 spiro atoms. The Balaban J connectivity index is 1.33. The van der Waals surface area contributed by atoms with Crippen molar-refractivity contribution in [2.75, 3.05) is 12.1 Å². The van der Waals surface area contributed by atoms with E-state index >= 15 is 0 Å². The van der Waals surface area contributed by atoms with E-state index in [9.17, 15) is 19.7 Å². The number of nitrogens with zero attached hydrogens (tertiary/aromatic N) is 2. The van der Waals surface area contributed by atoms with E-state index in [0.29, 0.717) is 34.4 Å². The van der Waals surface area contributed by atoms with Gasteiger partial charge in [0, 0.05) is 11.5 Å². The number of fused-ring (bicyclic) bond motifs is 3. The van der Waals surface area contributed by atoms with Gasteiger partial charge in [0.1, 0.15) is 5.69 Å². The predicted molar refractivity (Wildman–Crippen MR) is 152 cm³/mol. The SMILES string of the molecule is CC(OC(=O)c1c2c(nc3ccccc13)C(=Cc1ccc3c(c1)OCO3)CCC2)C(=O)Nc1ccccc1[N+](=O)[O-]. The Bertz CT molecular complexity index is 1750. The van der Waals surface area contributed by atoms with Gasteiger partial charge in [-0.2, -0.15) is 0 Å². The van der Waals surface area contributed by atoms with Crippen LogP contribution in [0.2, 0.25) is 0 Å². The monoisotopic (exact) mass is 551 g/mol. The standard InChI is InChI=1S/C31H25N3O7/c1-18(30(35)33-24-11-4-5-12-25(24)34(37)38)41-31(36)28-21-8-2-3-10-23(21)32-29-20(7-6-9-22(28)29)15-19-13-14-26-27(16-19)40-17-39-26/h2-5,8,10-16,18H,6-7,9,17H2,1H3,(H,33,35). The number of benzene rings is 3. The number of nitro benzene ring substituents is 1. The van der Waals surface area contributed by atoms with Crippen molar-refractivity contribution in [3.05, 3.63) is 99.2 Å². The van der Waals surface area contributed by atoms with Crippen LogP contribution >= 0.6 is 0 Å². The molecule has 1 unspecified atom stereocenters. The average molecular weight is 552 g/mol. The van der Waals surface area contributed by atoms with Gasteiger partial charge in [-0.25, -0.2) is 9.78 Å². The Morgan fingerprint density at radius 2 is 1.83 bits per heavy atom. The first-order valence-electron chi connectivity index (χ1n) is 13.2. The number of pyridine rings is 1. The highest BCUT2D eigenvalue weighted by molar-refractivity contribution is 6.08. The lowest BCUT2D eigenvalue weighted by atomic mass is 9.86. The topological polar surface area (TPSA) is 130 Å². The van der Waals surface area contributed by atoms with Crippen LogP contribution in [0.5, 0.6) is 11.5 Å². The van der Waals surface area contributed by atoms with E-state index in [-0.39, 0.29) is 18.2 Å². The lowest BCUT2D eigenvalue weighted by molar-refractivity contribution is -0.383. The Kier molecular flexibility index (Phi) is 6.80. The number of hydrogen-bond donors (Lipinski definition) is 1. The van der Waals surface area contributed by atoms with Gasteiger partial charge in [-0.3, -0.25) is 14.9 Å². The number of nitro groups is 1. The zero-order valence-electron chi connectivity index (χ0n) is 22.1. The highest BCUT2D eigenvalue weighted by atomic mass is 16.7. The van der Waals surface area contributed by atoms with Crippen LogP contribution in [0.1, 0.15) is 46.9 Å². The third kappa shape index (κ3) is 5.07. The molecule has 0 radical (unpaired) electrons. The van der Waals surface area contributed by atoms with Crippen molar-refractivity contribution in [3.8, 4) is 11.5 Å². The van der Waals surface area contributed by atoms with Crippen molar-refractivity contribution in [3.63, 3.8) is 0 Å². The van der Waals surface area contributed by atoms with Gasteiger partial charge >= 0.3 is 5.97 Å². The number of rotatable bonds is 6. The van der Waals surface area contributed by atoms with Crippen molar-refractivity contribution in [1.29, 1.82) is 0 Å². The molecule has 6 rings (SSSR count). The number of allylic oxidation sites excluding steroid dienone is 1. The average Bonchev–Trinajstić information content (AvgIpc) is 3.44. The number of hydrogen-bond acceptors (Lipinski definition) is 8. The first-order valence-corrected chi connectivity index (χ1v) is 13.2. The summed E-state index contributed by atoms with van der Waals surface area (Å²) in [6.07, 6.45) is 3.02. The molecule has 0 fully saturated rings. The van der Waals surface area contributed by atoms with Crippen molar-refractivity contribution < 1.29 is 28.7 Å². The van der Waals surface area contributed by atoms with E-state index in [4.69, 9.17) is 19.2 Å². The number of carbonyl (C=O) groups is 2. The summed E-state index contributed by atoms with van der Waals surface area (Å²) < 4.78 is 16.6. The van der Waals surface area contributed by atoms with Crippen LogP contribution in [0, 0.1) is 10.1 Å². The minimum Gasteiger partial charge on any atom is -0.454 e. The molecule has 1 atom stereocenters. The second-order valence-electron chi connectivity index (χ2n) is 9.78. The molecule has 1 aliphatic carbocycles. The van der Waals surface area contributed by atoms with Crippen LogP contribution in [-0.2, 0) is 16.0 Å². The highest BCUT2D eigenvalue weighted by Gasteiger charge is 2.29. The van der Waals surface area contributed by atoms with E-state index in [1.807, 2.05) is 48.5 Å². The lowest BCUT2D eigenvalue weighted by Gasteiger charge is -2.23. The molecule has 1 aliphatic heterocycles. The molecule has 4 aromatic rings. The van der Waals surface area contributed by atoms with Crippen LogP contribution in [0.3, 0.4) is 0 Å². The zero-order valence-corrected chi connectivity index (χ0v) is 22.1. The van der Waals surface area contributed by atoms with E-state index in [2.05, 4.69) is 5.32 Å². The van der Waals surface area contributed by atoms with Crippen molar-refractivity contribution in [1.82, 2.24) is 4.98 Å². The number of ether oxygens (including phenoxy) is 3. The number of nitrogens with one attached hydrogen (secondary N) is 1. The van der Waals surface area contributed by atoms with Crippen LogP contribution in [-0.4, -0.2) is 34.7 Å². The maximum Gasteiger partial charge on any atom is 0.339 e. The molecule has 0 saturated carbocycles. The lowest BCUT2D eigenvalue weighted by Crippen LogP contribution is -2.31. The summed E-state index contributed by atoms with van der Waals surface area (Å²) in [6, 6.07) is 18.8. The minimum absolute atomic E-state index is 0.0236. The van der Waals surface area contributed by atoms with Crippen LogP contribution in [0.4, 0.5) is 11.4 Å². The first-order chi connectivity index (χ1) is 19.9. The third-order valence-corrected chi connectivity index (χ3v) is 7.12. The quantitative estimate of drug-likeness (QED) is 0.177. The molecule has 1 amide bonds. The molecule has 41 heavy (non-hydrogen) atoms. The smallest absolute Gasteiger partial charge is 0.339 e. The second kappa shape index (κ2) is 10.7. The summed E-state index contributed by atoms with van der Waals surface area (Å²) in [5, 5.41) is 14.5. The fourth-order valence-electron chi connectivity index (χ4n) is 5.16. The number of para-hydroxylation sites is 3. The van der Waals surface area contributed by atoms with Crippen LogP contribution in [0.15, 0.2) is 66.7 Å². The number of esters is 1. The summed E-state index contributed by atoms with van der Waals surface area (Å²) in [5.41, 5.74) is 4.16. The van der Waals surface area contributed by atoms with Crippen molar-refractivity contribution in [2.24, 2.45) is 0 Å². The minimum atomic E-state index is -1.21. The number of amides is 1. The van der Waals surface area contributed by atoms with Gasteiger partial charge in [0.25, 0.3) is 11.6 Å². The number of carbonyl (C=O) groups excluding carboxylic acids is 2. The van der Waals surface area contributed by atoms with Gasteiger partial charge in [0.05, 0.1) is 21.7 Å². The van der Waals surface area contributed by atoms with Crippen molar-refractivity contribution >= 4 is 45.8 Å². The number of anilines is 1. The molecule has 0 saturated heterocycles. The van der Waals surface area contributed by atoms with Gasteiger partial charge < -0.3 is 19.5 Å². The molecule has 3 aromatic carbocycles. The number of aromatic nitrogens is 1. The molecule has 2 heterocycles. The van der Waals surface area contributed by atoms with Crippen LogP contribution < -0.4 is 14.8 Å². The molecular formula is C31H25N3O7. The molecule has 206 valence electrons. The maximum atomic E-state index is 13.7. The van der Waals surface area contributed by atoms with Gasteiger partial charge in [-0.15, -0.1) is 0 Å². The van der Waals surface area contributed by atoms with Crippen LogP contribution in [0.25, 0.3) is 22.6 Å². The predicted octanol–water partition coefficient (Wildman–Crippen LogP) is 5.93. The van der Waals surface area contributed by atoms with E-state index in [1.165, 1.54) is 25.1 Å². The summed E-state index contributed by atoms with van der Waals surface area (Å²) >= 11 is 0. The second-order valence-corrected chi connectivity index (χ2v) is 9.78. The summed E-state index contributed by atoms with van der Waals surface area (Å²) in [5.74, 6) is 0.0438. The molecule has 1 aromatic heterocycles. The van der Waals surface area contributed by atoms with Gasteiger partial charge in [-0.1, -0.05) is 36.4 Å². The maximum absolute atomic E-state index is 13.7. The fourth-order valence-corrected chi connectivity index (χ4v) is 5.16. The largest absolute Gasteiger partial charge is 0.454 e. The summed E-state index contributed by atoms with van der Waals surface area (Å²) in [6.45, 7) is 1.62. The Morgan fingerprint density at radius 3 is 2.68 bits per heavy atom. The van der Waals surface area contributed by atoms with Gasteiger partial charge in [-0.05, 0) is 73.2 Å². The van der Waals surface area contributed by atoms with E-state index in [0.717, 1.165) is 35.2 Å². The van der Waals surface area contributed by atoms with Crippen molar-refractivity contribution in [2.45, 2.75) is 32.3 Å². The molecule has 10 nitrogen and oxygen atoms in total. The Labute approximate surface area is 234 Å². The normalized spacial score (nSPS) is 15.3. The van der Waals surface area contributed by atoms with Gasteiger partial charge in [0.2, 0.25) is 6.79 Å².